The number of ether oxygens (including phenoxy) is 1. The minimum Gasteiger partial charge on any atom is -0.381 e. The molecule has 1 saturated heterocycles. The Kier molecular flexibility index (Phi) is 3.40. The van der Waals surface area contributed by atoms with Crippen LogP contribution in [-0.4, -0.2) is 18.8 Å². The molecule has 1 aromatic rings. The van der Waals surface area contributed by atoms with Gasteiger partial charge in [-0.15, -0.1) is 0 Å². The highest BCUT2D eigenvalue weighted by Gasteiger charge is 2.57. The number of anilines is 1. The monoisotopic (exact) mass is 290 g/mol. The smallest absolute Gasteiger partial charge is 0.101 e. The van der Waals surface area contributed by atoms with E-state index in [0.717, 1.165) is 18.7 Å². The lowest BCUT2D eigenvalue weighted by Gasteiger charge is -2.60. The summed E-state index contributed by atoms with van der Waals surface area (Å²) in [7, 11) is 0. The largest absolute Gasteiger partial charge is 0.381 e. The van der Waals surface area contributed by atoms with Gasteiger partial charge >= 0.3 is 0 Å². The van der Waals surface area contributed by atoms with E-state index in [0.29, 0.717) is 28.6 Å². The molecule has 1 saturated carbocycles. The second kappa shape index (κ2) is 4.95. The van der Waals surface area contributed by atoms with Crippen molar-refractivity contribution in [1.29, 1.82) is 5.26 Å². The van der Waals surface area contributed by atoms with Crippen molar-refractivity contribution in [1.82, 2.24) is 0 Å². The van der Waals surface area contributed by atoms with Crippen molar-refractivity contribution >= 4 is 17.3 Å². The molecule has 0 bridgehead atoms. The van der Waals surface area contributed by atoms with Crippen molar-refractivity contribution in [2.75, 3.05) is 11.9 Å². The maximum Gasteiger partial charge on any atom is 0.101 e. The van der Waals surface area contributed by atoms with Gasteiger partial charge in [-0.05, 0) is 31.0 Å². The lowest BCUT2D eigenvalue weighted by Crippen LogP contribution is -2.67. The molecule has 2 fully saturated rings. The number of rotatable bonds is 2. The molecular weight excluding hydrogens is 272 g/mol. The van der Waals surface area contributed by atoms with Crippen LogP contribution < -0.4 is 5.32 Å². The Balaban J connectivity index is 1.78. The maximum absolute atomic E-state index is 8.91. The molecule has 1 N–H and O–H groups in total. The van der Waals surface area contributed by atoms with Crippen LogP contribution in [0.15, 0.2) is 18.2 Å². The molecule has 3 unspecified atom stereocenters. The van der Waals surface area contributed by atoms with Crippen LogP contribution in [0.2, 0.25) is 5.02 Å². The van der Waals surface area contributed by atoms with Gasteiger partial charge in [-0.2, -0.15) is 5.26 Å². The fourth-order valence-electron chi connectivity index (χ4n) is 3.69. The van der Waals surface area contributed by atoms with Crippen molar-refractivity contribution in [3.05, 3.63) is 28.8 Å². The average Bonchev–Trinajstić information content (AvgIpc) is 2.45. The molecule has 1 aromatic carbocycles. The zero-order chi connectivity index (χ0) is 14.3. The van der Waals surface area contributed by atoms with E-state index in [1.54, 1.807) is 6.07 Å². The van der Waals surface area contributed by atoms with Crippen molar-refractivity contribution in [3.63, 3.8) is 0 Å². The molecule has 3 nitrogen and oxygen atoms in total. The highest BCUT2D eigenvalue weighted by Crippen LogP contribution is 2.52. The zero-order valence-electron chi connectivity index (χ0n) is 11.8. The van der Waals surface area contributed by atoms with E-state index in [2.05, 4.69) is 25.2 Å². The number of benzene rings is 1. The van der Waals surface area contributed by atoms with Crippen LogP contribution in [0.4, 0.5) is 5.69 Å². The summed E-state index contributed by atoms with van der Waals surface area (Å²) >= 11 is 6.10. The summed E-state index contributed by atoms with van der Waals surface area (Å²) in [6, 6.07) is 8.02. The maximum atomic E-state index is 8.91. The van der Waals surface area contributed by atoms with Gasteiger partial charge in [0, 0.05) is 29.7 Å². The molecule has 2 aliphatic rings. The molecule has 4 heteroatoms. The highest BCUT2D eigenvalue weighted by molar-refractivity contribution is 6.32. The Bertz CT molecular complexity index is 564. The lowest BCUT2D eigenvalue weighted by molar-refractivity contribution is -0.177. The molecule has 106 valence electrons. The molecular formula is C16H19ClN2O. The number of hydrogen-bond acceptors (Lipinski definition) is 3. The summed E-state index contributed by atoms with van der Waals surface area (Å²) in [5.74, 6) is 0.577. The minimum atomic E-state index is 0.130. The standard InChI is InChI=1S/C16H19ClN2O/c1-16(2)14(12-4-3-7-20-15(12)16)19-11-6-5-10(9-18)13(17)8-11/h5-6,8,12,14-15,19H,3-4,7H2,1-2H3. The van der Waals surface area contributed by atoms with Crippen LogP contribution in [0, 0.1) is 22.7 Å². The van der Waals surface area contributed by atoms with Crippen LogP contribution in [0.1, 0.15) is 32.3 Å². The summed E-state index contributed by atoms with van der Waals surface area (Å²) in [5, 5.41) is 13.0. The van der Waals surface area contributed by atoms with Crippen LogP contribution in [0.25, 0.3) is 0 Å². The van der Waals surface area contributed by atoms with Crippen LogP contribution in [-0.2, 0) is 4.74 Å². The topological polar surface area (TPSA) is 45.0 Å². The van der Waals surface area contributed by atoms with Gasteiger partial charge in [0.2, 0.25) is 0 Å². The molecule has 0 spiro atoms. The lowest BCUT2D eigenvalue weighted by atomic mass is 9.55. The van der Waals surface area contributed by atoms with E-state index in [1.807, 2.05) is 12.1 Å². The van der Waals surface area contributed by atoms with Gasteiger partial charge in [0.1, 0.15) is 6.07 Å². The average molecular weight is 291 g/mol. The molecule has 0 amide bonds. The zero-order valence-corrected chi connectivity index (χ0v) is 12.6. The van der Waals surface area contributed by atoms with Gasteiger partial charge in [-0.3, -0.25) is 0 Å². The molecule has 1 aliphatic heterocycles. The molecule has 3 rings (SSSR count). The molecule has 20 heavy (non-hydrogen) atoms. The summed E-state index contributed by atoms with van der Waals surface area (Å²) in [6.07, 6.45) is 2.72. The van der Waals surface area contributed by atoms with E-state index in [-0.39, 0.29) is 5.41 Å². The summed E-state index contributed by atoms with van der Waals surface area (Å²) in [5.41, 5.74) is 1.63. The Hall–Kier alpha value is -1.24. The first-order chi connectivity index (χ1) is 9.54. The number of nitrogens with zero attached hydrogens (tertiary/aromatic N) is 1. The number of halogens is 1. The fraction of sp³-hybridized carbons (Fsp3) is 0.562. The van der Waals surface area contributed by atoms with Crippen LogP contribution in [0.5, 0.6) is 0 Å². The van der Waals surface area contributed by atoms with Gasteiger partial charge < -0.3 is 10.1 Å². The Morgan fingerprint density at radius 3 is 2.95 bits per heavy atom. The SMILES string of the molecule is CC1(C)C(Nc2ccc(C#N)c(Cl)c2)C2CCCOC21. The second-order valence-corrected chi connectivity index (χ2v) is 6.75. The third-order valence-electron chi connectivity index (χ3n) is 4.74. The van der Waals surface area contributed by atoms with E-state index in [1.165, 1.54) is 6.42 Å². The first-order valence-corrected chi connectivity index (χ1v) is 7.49. The normalized spacial score (nSPS) is 30.8. The Morgan fingerprint density at radius 2 is 2.25 bits per heavy atom. The van der Waals surface area contributed by atoms with Gasteiger partial charge in [0.25, 0.3) is 0 Å². The molecule has 3 atom stereocenters. The van der Waals surface area contributed by atoms with Crippen molar-refractivity contribution < 1.29 is 4.74 Å². The Labute approximate surface area is 124 Å². The third-order valence-corrected chi connectivity index (χ3v) is 5.06. The molecule has 1 aliphatic carbocycles. The third kappa shape index (κ3) is 2.08. The number of hydrogen-bond donors (Lipinski definition) is 1. The highest BCUT2D eigenvalue weighted by atomic mass is 35.5. The van der Waals surface area contributed by atoms with Crippen molar-refractivity contribution in [2.24, 2.45) is 11.3 Å². The Morgan fingerprint density at radius 1 is 1.45 bits per heavy atom. The van der Waals surface area contributed by atoms with E-state index >= 15 is 0 Å². The van der Waals surface area contributed by atoms with E-state index < -0.39 is 0 Å². The minimum absolute atomic E-state index is 0.130. The fourth-order valence-corrected chi connectivity index (χ4v) is 3.91. The van der Waals surface area contributed by atoms with Gasteiger partial charge in [-0.25, -0.2) is 0 Å². The van der Waals surface area contributed by atoms with Crippen molar-refractivity contribution in [3.8, 4) is 6.07 Å². The molecule has 0 radical (unpaired) electrons. The number of fused-ring (bicyclic) bond motifs is 1. The molecule has 1 heterocycles. The molecule has 0 aromatic heterocycles. The summed E-state index contributed by atoms with van der Waals surface area (Å²) < 4.78 is 5.91. The van der Waals surface area contributed by atoms with E-state index in [4.69, 9.17) is 21.6 Å². The summed E-state index contributed by atoms with van der Waals surface area (Å²) in [4.78, 5) is 0. The van der Waals surface area contributed by atoms with Gasteiger partial charge in [0.05, 0.1) is 16.7 Å². The van der Waals surface area contributed by atoms with Crippen LogP contribution in [0.3, 0.4) is 0 Å². The first kappa shape index (κ1) is 13.7. The second-order valence-electron chi connectivity index (χ2n) is 6.35. The number of nitrogens with one attached hydrogen (secondary N) is 1. The summed E-state index contributed by atoms with van der Waals surface area (Å²) in [6.45, 7) is 5.39. The predicted molar refractivity (Wildman–Crippen MR) is 79.8 cm³/mol. The predicted octanol–water partition coefficient (Wildman–Crippen LogP) is 3.83. The van der Waals surface area contributed by atoms with Gasteiger partial charge in [-0.1, -0.05) is 25.4 Å². The van der Waals surface area contributed by atoms with Gasteiger partial charge in [0.15, 0.2) is 0 Å². The quantitative estimate of drug-likeness (QED) is 0.900. The first-order valence-electron chi connectivity index (χ1n) is 7.12. The van der Waals surface area contributed by atoms with Crippen molar-refractivity contribution in [2.45, 2.75) is 38.8 Å². The van der Waals surface area contributed by atoms with E-state index in [9.17, 15) is 0 Å². The number of nitriles is 1. The van der Waals surface area contributed by atoms with Crippen LogP contribution >= 0.6 is 11.6 Å².